The summed E-state index contributed by atoms with van der Waals surface area (Å²) in [6.07, 6.45) is 0.833. The Morgan fingerprint density at radius 2 is 2.16 bits per heavy atom. The first-order chi connectivity index (χ1) is 12.0. The van der Waals surface area contributed by atoms with Crippen LogP contribution in [0.4, 0.5) is 16.3 Å². The van der Waals surface area contributed by atoms with Gasteiger partial charge in [0.25, 0.3) is 5.91 Å². The van der Waals surface area contributed by atoms with Crippen molar-refractivity contribution in [1.29, 1.82) is 0 Å². The fraction of sp³-hybridized carbons (Fsp3) is 0.250. The van der Waals surface area contributed by atoms with E-state index in [4.69, 9.17) is 10.5 Å². The highest BCUT2D eigenvalue weighted by atomic mass is 16.5. The molecule has 3 rings (SSSR count). The predicted molar refractivity (Wildman–Crippen MR) is 92.4 cm³/mol. The second kappa shape index (κ2) is 6.63. The molecule has 3 N–H and O–H groups in total. The number of hydrogen-bond acceptors (Lipinski definition) is 6. The minimum Gasteiger partial charge on any atom is -0.450 e. The average Bonchev–Trinajstić information content (AvgIpc) is 3.11. The molecule has 0 spiro atoms. The van der Waals surface area contributed by atoms with Crippen LogP contribution in [0.25, 0.3) is 10.9 Å². The second-order valence-electron chi connectivity index (χ2n) is 5.45. The standard InChI is InChI=1S/C16H18N6O3/c1-3-25-16(24)18-13-8-21(20-19-13)9-14(23)22-10(2)7-11-5-4-6-12(17)15(11)22/h4-8H,3,9,17H2,1-2H3,(H,18,24). The summed E-state index contributed by atoms with van der Waals surface area (Å²) in [5.74, 6) is -0.00200. The van der Waals surface area contributed by atoms with Gasteiger partial charge in [-0.05, 0) is 26.0 Å². The van der Waals surface area contributed by atoms with E-state index in [1.807, 2.05) is 25.1 Å². The summed E-state index contributed by atoms with van der Waals surface area (Å²) in [6.45, 7) is 3.74. The molecule has 130 valence electrons. The highest BCUT2D eigenvalue weighted by Gasteiger charge is 2.16. The first kappa shape index (κ1) is 16.5. The van der Waals surface area contributed by atoms with Crippen molar-refractivity contribution in [3.8, 4) is 0 Å². The lowest BCUT2D eigenvalue weighted by atomic mass is 10.2. The molecule has 0 saturated carbocycles. The molecule has 9 heteroatoms. The van der Waals surface area contributed by atoms with Crippen molar-refractivity contribution < 1.29 is 14.3 Å². The molecule has 25 heavy (non-hydrogen) atoms. The molecule has 0 aliphatic carbocycles. The summed E-state index contributed by atoms with van der Waals surface area (Å²) >= 11 is 0. The maximum atomic E-state index is 12.7. The average molecular weight is 342 g/mol. The summed E-state index contributed by atoms with van der Waals surface area (Å²) in [4.78, 5) is 24.1. The van der Waals surface area contributed by atoms with Crippen LogP contribution in [-0.2, 0) is 11.3 Å². The lowest BCUT2D eigenvalue weighted by molar-refractivity contribution is 0.0889. The van der Waals surface area contributed by atoms with Crippen molar-refractivity contribution >= 4 is 34.4 Å². The van der Waals surface area contributed by atoms with Gasteiger partial charge in [-0.15, -0.1) is 5.10 Å². The van der Waals surface area contributed by atoms with Gasteiger partial charge >= 0.3 is 6.09 Å². The smallest absolute Gasteiger partial charge is 0.412 e. The van der Waals surface area contributed by atoms with E-state index in [2.05, 4.69) is 15.6 Å². The summed E-state index contributed by atoms with van der Waals surface area (Å²) in [5, 5.41) is 11.0. The number of carbonyl (C=O) groups excluding carboxylic acids is 2. The lowest BCUT2D eigenvalue weighted by Crippen LogP contribution is -2.19. The monoisotopic (exact) mass is 342 g/mol. The van der Waals surface area contributed by atoms with E-state index < -0.39 is 6.09 Å². The molecule has 3 aromatic rings. The van der Waals surface area contributed by atoms with Gasteiger partial charge in [-0.1, -0.05) is 17.3 Å². The number of ether oxygens (including phenoxy) is 1. The normalized spacial score (nSPS) is 10.8. The molecule has 2 aromatic heterocycles. The maximum Gasteiger partial charge on any atom is 0.412 e. The molecule has 0 bridgehead atoms. The number of anilines is 2. The zero-order valence-electron chi connectivity index (χ0n) is 13.9. The number of carbonyl (C=O) groups is 2. The van der Waals surface area contributed by atoms with E-state index >= 15 is 0 Å². The van der Waals surface area contributed by atoms with Gasteiger partial charge < -0.3 is 10.5 Å². The summed E-state index contributed by atoms with van der Waals surface area (Å²) in [6, 6.07) is 7.40. The number of amides is 1. The molecule has 0 fully saturated rings. The molecule has 0 radical (unpaired) electrons. The van der Waals surface area contributed by atoms with Crippen molar-refractivity contribution in [2.24, 2.45) is 0 Å². The number of nitrogens with two attached hydrogens (primary N) is 1. The fourth-order valence-electron chi connectivity index (χ4n) is 2.66. The summed E-state index contributed by atoms with van der Waals surface area (Å²) < 4.78 is 7.66. The molecule has 0 saturated heterocycles. The summed E-state index contributed by atoms with van der Waals surface area (Å²) in [7, 11) is 0. The van der Waals surface area contributed by atoms with Gasteiger partial charge in [0.05, 0.1) is 24.0 Å². The van der Waals surface area contributed by atoms with E-state index in [0.29, 0.717) is 11.2 Å². The van der Waals surface area contributed by atoms with Gasteiger partial charge in [0, 0.05) is 11.1 Å². The Hall–Kier alpha value is -3.36. The Kier molecular flexibility index (Phi) is 4.38. The number of para-hydroxylation sites is 1. The molecule has 0 atom stereocenters. The highest BCUT2D eigenvalue weighted by molar-refractivity contribution is 5.99. The predicted octanol–water partition coefficient (Wildman–Crippen LogP) is 2.03. The number of aryl methyl sites for hydroxylation is 1. The third-order valence-corrected chi connectivity index (χ3v) is 3.63. The Morgan fingerprint density at radius 3 is 2.92 bits per heavy atom. The number of nitrogens with one attached hydrogen (secondary N) is 1. The number of rotatable bonds is 4. The molecule has 9 nitrogen and oxygen atoms in total. The van der Waals surface area contributed by atoms with Crippen LogP contribution in [0, 0.1) is 6.92 Å². The molecular weight excluding hydrogens is 324 g/mol. The fourth-order valence-corrected chi connectivity index (χ4v) is 2.66. The Morgan fingerprint density at radius 1 is 1.36 bits per heavy atom. The topological polar surface area (TPSA) is 117 Å². The van der Waals surface area contributed by atoms with Crippen LogP contribution in [0.15, 0.2) is 30.5 Å². The summed E-state index contributed by atoms with van der Waals surface area (Å²) in [5.41, 5.74) is 8.01. The molecule has 1 amide bonds. The van der Waals surface area contributed by atoms with Gasteiger partial charge in [-0.3, -0.25) is 14.7 Å². The van der Waals surface area contributed by atoms with Gasteiger partial charge in [-0.2, -0.15) is 0 Å². The second-order valence-corrected chi connectivity index (χ2v) is 5.45. The van der Waals surface area contributed by atoms with Crippen LogP contribution in [0.3, 0.4) is 0 Å². The van der Waals surface area contributed by atoms with Gasteiger partial charge in [0.2, 0.25) is 0 Å². The van der Waals surface area contributed by atoms with Gasteiger partial charge in [0.1, 0.15) is 6.54 Å². The van der Waals surface area contributed by atoms with Crippen LogP contribution in [0.5, 0.6) is 0 Å². The first-order valence-electron chi connectivity index (χ1n) is 7.73. The number of nitrogen functional groups attached to an aromatic ring is 1. The Labute approximate surface area is 143 Å². The minimum absolute atomic E-state index is 0.0452. The SMILES string of the molecule is CCOC(=O)Nc1cn(CC(=O)n2c(C)cc3cccc(N)c32)nn1. The lowest BCUT2D eigenvalue weighted by Gasteiger charge is -2.08. The van der Waals surface area contributed by atoms with Crippen molar-refractivity contribution in [3.05, 3.63) is 36.2 Å². The largest absolute Gasteiger partial charge is 0.450 e. The number of aromatic nitrogens is 4. The van der Waals surface area contributed by atoms with Crippen molar-refractivity contribution in [1.82, 2.24) is 19.6 Å². The zero-order valence-corrected chi connectivity index (χ0v) is 13.9. The quantitative estimate of drug-likeness (QED) is 0.701. The molecule has 2 heterocycles. The van der Waals surface area contributed by atoms with Crippen molar-refractivity contribution in [3.63, 3.8) is 0 Å². The maximum absolute atomic E-state index is 12.7. The third kappa shape index (κ3) is 3.30. The van der Waals surface area contributed by atoms with Crippen LogP contribution >= 0.6 is 0 Å². The molecular formula is C16H18N6O3. The van der Waals surface area contributed by atoms with E-state index in [9.17, 15) is 9.59 Å². The molecule has 0 aliphatic heterocycles. The first-order valence-corrected chi connectivity index (χ1v) is 7.73. The van der Waals surface area contributed by atoms with Crippen molar-refractivity contribution in [2.75, 3.05) is 17.7 Å². The number of hydrogen-bond donors (Lipinski definition) is 2. The van der Waals surface area contributed by atoms with Gasteiger partial charge in [0.15, 0.2) is 5.82 Å². The minimum atomic E-state index is -0.624. The van der Waals surface area contributed by atoms with Crippen molar-refractivity contribution in [2.45, 2.75) is 20.4 Å². The van der Waals surface area contributed by atoms with E-state index in [0.717, 1.165) is 11.1 Å². The Bertz CT molecular complexity index is 943. The molecule has 1 aromatic carbocycles. The number of benzene rings is 1. The number of nitrogens with zero attached hydrogens (tertiary/aromatic N) is 4. The van der Waals surface area contributed by atoms with E-state index in [-0.39, 0.29) is 24.9 Å². The molecule has 0 aliphatic rings. The highest BCUT2D eigenvalue weighted by Crippen LogP contribution is 2.25. The third-order valence-electron chi connectivity index (χ3n) is 3.63. The van der Waals surface area contributed by atoms with Crippen LogP contribution in [-0.4, -0.2) is 38.2 Å². The number of fused-ring (bicyclic) bond motifs is 1. The van der Waals surface area contributed by atoms with Crippen LogP contribution in [0.1, 0.15) is 17.4 Å². The Balaban J connectivity index is 1.81. The van der Waals surface area contributed by atoms with Crippen LogP contribution in [0.2, 0.25) is 0 Å². The van der Waals surface area contributed by atoms with E-state index in [1.54, 1.807) is 17.6 Å². The van der Waals surface area contributed by atoms with Crippen LogP contribution < -0.4 is 11.1 Å². The van der Waals surface area contributed by atoms with Gasteiger partial charge in [-0.25, -0.2) is 9.48 Å². The molecule has 0 unspecified atom stereocenters. The zero-order chi connectivity index (χ0) is 18.0. The van der Waals surface area contributed by atoms with E-state index in [1.165, 1.54) is 10.9 Å².